The van der Waals surface area contributed by atoms with Crippen LogP contribution in [-0.4, -0.2) is 34.8 Å². The summed E-state index contributed by atoms with van der Waals surface area (Å²) >= 11 is 1.34. The molecule has 3 rings (SSSR count). The number of aromatic nitrogens is 2. The van der Waals surface area contributed by atoms with Crippen LogP contribution in [-0.2, 0) is 4.79 Å². The molecule has 0 aliphatic carbocycles. The van der Waals surface area contributed by atoms with E-state index < -0.39 is 0 Å². The van der Waals surface area contributed by atoms with Gasteiger partial charge in [0.2, 0.25) is 6.79 Å². The molecule has 0 saturated carbocycles. The molecule has 2 heterocycles. The van der Waals surface area contributed by atoms with E-state index in [4.69, 9.17) is 24.1 Å². The third-order valence-electron chi connectivity index (χ3n) is 2.45. The highest BCUT2D eigenvalue weighted by molar-refractivity contribution is 7.09. The maximum Gasteiger partial charge on any atom is 0.290 e. The number of ether oxygens (including phenoxy) is 3. The highest BCUT2D eigenvalue weighted by Gasteiger charge is 2.20. The van der Waals surface area contributed by atoms with Gasteiger partial charge in [-0.15, -0.1) is 0 Å². The van der Waals surface area contributed by atoms with Gasteiger partial charge in [0, 0.05) is 6.07 Å². The number of hydrogen-bond acceptors (Lipinski definition) is 7. The van der Waals surface area contributed by atoms with Crippen molar-refractivity contribution in [3.8, 4) is 27.8 Å². The monoisotopic (exact) mass is 296 g/mol. The van der Waals surface area contributed by atoms with Crippen molar-refractivity contribution in [2.24, 2.45) is 0 Å². The molecule has 7 nitrogen and oxygen atoms in total. The fraction of sp³-hybridized carbons (Fsp3) is 0.250. The zero-order chi connectivity index (χ0) is 14.5. The van der Waals surface area contributed by atoms with Gasteiger partial charge in [0.1, 0.15) is 16.6 Å². The third kappa shape index (κ3) is 2.80. The zero-order valence-electron chi connectivity index (χ0n) is 10.8. The van der Waals surface area contributed by atoms with Gasteiger partial charge < -0.3 is 19.3 Å². The number of hydrogen-bond donors (Lipinski definition) is 1. The van der Waals surface area contributed by atoms with Crippen molar-refractivity contribution in [2.45, 2.75) is 6.92 Å². The molecule has 1 aromatic heterocycles. The normalized spacial score (nSPS) is 11.5. The molecule has 1 N–H and O–H groups in total. The molecule has 0 bridgehead atoms. The second-order valence-corrected chi connectivity index (χ2v) is 4.41. The zero-order valence-corrected chi connectivity index (χ0v) is 11.6. The van der Waals surface area contributed by atoms with Gasteiger partial charge in [-0.1, -0.05) is 0 Å². The molecule has 0 radical (unpaired) electrons. The number of carbonyl (C=O) groups is 1. The predicted molar refractivity (Wildman–Crippen MR) is 71.4 cm³/mol. The summed E-state index contributed by atoms with van der Waals surface area (Å²) in [7, 11) is 1.62. The van der Waals surface area contributed by atoms with Gasteiger partial charge in [-0.3, -0.25) is 4.79 Å². The van der Waals surface area contributed by atoms with Crippen LogP contribution in [0.5, 0.6) is 17.2 Å². The van der Waals surface area contributed by atoms with Crippen molar-refractivity contribution >= 4 is 18.0 Å². The number of benzene rings is 1. The maximum atomic E-state index is 8.36. The lowest BCUT2D eigenvalue weighted by Crippen LogP contribution is -1.92. The molecule has 0 fully saturated rings. The van der Waals surface area contributed by atoms with Crippen LogP contribution in [0.4, 0.5) is 0 Å². The molecular formula is C12H12N2O5S. The Morgan fingerprint density at radius 1 is 1.40 bits per heavy atom. The Morgan fingerprint density at radius 2 is 2.05 bits per heavy atom. The van der Waals surface area contributed by atoms with Crippen LogP contribution in [0.3, 0.4) is 0 Å². The average molecular weight is 296 g/mol. The molecule has 1 aliphatic heterocycles. The van der Waals surface area contributed by atoms with Crippen LogP contribution in [0.1, 0.15) is 5.82 Å². The lowest BCUT2D eigenvalue weighted by Gasteiger charge is -2.06. The van der Waals surface area contributed by atoms with Crippen LogP contribution in [0, 0.1) is 6.92 Å². The summed E-state index contributed by atoms with van der Waals surface area (Å²) in [5, 5.41) is 7.71. The summed E-state index contributed by atoms with van der Waals surface area (Å²) in [5.74, 6) is 2.88. The Balaban J connectivity index is 0.000000452. The highest BCUT2D eigenvalue weighted by Crippen LogP contribution is 2.42. The number of aryl methyl sites for hydroxylation is 1. The van der Waals surface area contributed by atoms with Crippen molar-refractivity contribution < 1.29 is 24.1 Å². The van der Waals surface area contributed by atoms with Crippen molar-refractivity contribution in [1.82, 2.24) is 9.36 Å². The van der Waals surface area contributed by atoms with Crippen molar-refractivity contribution in [1.29, 1.82) is 0 Å². The first-order chi connectivity index (χ1) is 9.69. The smallest absolute Gasteiger partial charge is 0.290 e. The second-order valence-electron chi connectivity index (χ2n) is 3.66. The van der Waals surface area contributed by atoms with E-state index in [0.29, 0.717) is 17.2 Å². The van der Waals surface area contributed by atoms with Gasteiger partial charge in [-0.05, 0) is 24.5 Å². The summed E-state index contributed by atoms with van der Waals surface area (Å²) in [5.41, 5.74) is 0.877. The minimum atomic E-state index is -0.250. The van der Waals surface area contributed by atoms with Gasteiger partial charge >= 0.3 is 0 Å². The first-order valence-electron chi connectivity index (χ1n) is 5.55. The first kappa shape index (κ1) is 14.1. The average Bonchev–Trinajstić information content (AvgIpc) is 3.06. The minimum Gasteiger partial charge on any atom is -0.496 e. The van der Waals surface area contributed by atoms with Gasteiger partial charge in [-0.2, -0.15) is 4.37 Å². The van der Waals surface area contributed by atoms with E-state index in [1.165, 1.54) is 11.5 Å². The summed E-state index contributed by atoms with van der Waals surface area (Å²) < 4.78 is 20.2. The van der Waals surface area contributed by atoms with E-state index in [-0.39, 0.29) is 13.3 Å². The summed E-state index contributed by atoms with van der Waals surface area (Å²) in [6, 6.07) is 3.69. The lowest BCUT2D eigenvalue weighted by molar-refractivity contribution is -0.122. The van der Waals surface area contributed by atoms with Gasteiger partial charge in [0.05, 0.1) is 12.7 Å². The van der Waals surface area contributed by atoms with Crippen molar-refractivity contribution in [3.63, 3.8) is 0 Å². The molecule has 1 aromatic carbocycles. The van der Waals surface area contributed by atoms with E-state index in [1.807, 2.05) is 19.1 Å². The summed E-state index contributed by atoms with van der Waals surface area (Å²) in [6.07, 6.45) is 0. The Morgan fingerprint density at radius 3 is 2.60 bits per heavy atom. The van der Waals surface area contributed by atoms with Gasteiger partial charge in [0.25, 0.3) is 6.47 Å². The number of carboxylic acid groups (broad SMARTS) is 1. The Bertz CT molecular complexity index is 614. The van der Waals surface area contributed by atoms with Crippen LogP contribution in [0.25, 0.3) is 10.6 Å². The fourth-order valence-electron chi connectivity index (χ4n) is 1.67. The van der Waals surface area contributed by atoms with E-state index in [0.717, 1.165) is 16.4 Å². The van der Waals surface area contributed by atoms with E-state index in [2.05, 4.69) is 9.36 Å². The molecule has 2 aromatic rings. The van der Waals surface area contributed by atoms with Gasteiger partial charge in [-0.25, -0.2) is 4.98 Å². The molecule has 20 heavy (non-hydrogen) atoms. The standard InChI is InChI=1S/C11H10N2O3S.CH2O2/c1-6-12-11(17-13-6)7-3-9-10(16-5-15-9)4-8(7)14-2;2-1-3/h3-4H,5H2,1-2H3;1H,(H,2,3). The molecular weight excluding hydrogens is 284 g/mol. The van der Waals surface area contributed by atoms with Crippen molar-refractivity contribution in [3.05, 3.63) is 18.0 Å². The first-order valence-corrected chi connectivity index (χ1v) is 6.33. The summed E-state index contributed by atoms with van der Waals surface area (Å²) in [6.45, 7) is 1.86. The molecule has 0 spiro atoms. The Hall–Kier alpha value is -2.35. The number of rotatable bonds is 2. The van der Waals surface area contributed by atoms with Crippen LogP contribution < -0.4 is 14.2 Å². The van der Waals surface area contributed by atoms with Crippen LogP contribution in [0.15, 0.2) is 12.1 Å². The summed E-state index contributed by atoms with van der Waals surface area (Å²) in [4.78, 5) is 12.7. The number of nitrogens with zero attached hydrogens (tertiary/aromatic N) is 2. The number of fused-ring (bicyclic) bond motifs is 1. The SMILES string of the molecule is COc1cc2c(cc1-c1nc(C)ns1)OCO2.O=CO. The fourth-order valence-corrected chi connectivity index (χ4v) is 2.36. The maximum absolute atomic E-state index is 8.36. The predicted octanol–water partition coefficient (Wildman–Crippen LogP) is 1.95. The van der Waals surface area contributed by atoms with E-state index >= 15 is 0 Å². The van der Waals surface area contributed by atoms with Gasteiger partial charge in [0.15, 0.2) is 11.5 Å². The van der Waals surface area contributed by atoms with E-state index in [9.17, 15) is 0 Å². The molecule has 0 atom stereocenters. The Kier molecular flexibility index (Phi) is 4.36. The second kappa shape index (κ2) is 6.20. The molecule has 0 saturated heterocycles. The Labute approximate surface area is 118 Å². The number of methoxy groups -OCH3 is 1. The topological polar surface area (TPSA) is 90.8 Å². The molecule has 0 amide bonds. The largest absolute Gasteiger partial charge is 0.496 e. The molecule has 8 heteroatoms. The molecule has 106 valence electrons. The minimum absolute atomic E-state index is 0.247. The lowest BCUT2D eigenvalue weighted by atomic mass is 10.2. The molecule has 1 aliphatic rings. The third-order valence-corrected chi connectivity index (χ3v) is 3.29. The van der Waals surface area contributed by atoms with Crippen molar-refractivity contribution in [2.75, 3.05) is 13.9 Å². The van der Waals surface area contributed by atoms with E-state index in [1.54, 1.807) is 7.11 Å². The van der Waals surface area contributed by atoms with Crippen LogP contribution in [0.2, 0.25) is 0 Å². The highest BCUT2D eigenvalue weighted by atomic mass is 32.1. The quantitative estimate of drug-likeness (QED) is 0.847. The molecule has 0 unspecified atom stereocenters. The van der Waals surface area contributed by atoms with Crippen LogP contribution >= 0.6 is 11.5 Å².